The predicted molar refractivity (Wildman–Crippen MR) is 80.5 cm³/mol. The van der Waals surface area contributed by atoms with Gasteiger partial charge < -0.3 is 19.6 Å². The molecule has 1 atom stereocenters. The zero-order chi connectivity index (χ0) is 15.6. The molecular formula is C15H23N3O3. The van der Waals surface area contributed by atoms with Crippen LogP contribution in [-0.2, 0) is 4.74 Å². The number of amides is 1. The first-order chi connectivity index (χ1) is 9.78. The smallest absolute Gasteiger partial charge is 0.410 e. The lowest BCUT2D eigenvalue weighted by atomic mass is 10.2. The normalized spacial score (nSPS) is 19.5. The Balaban J connectivity index is 2.03. The van der Waals surface area contributed by atoms with E-state index in [0.29, 0.717) is 25.5 Å². The number of hydrogen-bond donors (Lipinski definition) is 1. The Kier molecular flexibility index (Phi) is 4.25. The molecule has 2 rings (SSSR count). The molecule has 1 aliphatic rings. The van der Waals surface area contributed by atoms with Crippen LogP contribution in [0.15, 0.2) is 18.3 Å². The van der Waals surface area contributed by atoms with E-state index in [1.165, 1.54) is 0 Å². The number of carbonyl (C=O) groups is 1. The Morgan fingerprint density at radius 3 is 2.71 bits per heavy atom. The van der Waals surface area contributed by atoms with E-state index in [-0.39, 0.29) is 17.9 Å². The van der Waals surface area contributed by atoms with E-state index >= 15 is 0 Å². The highest BCUT2D eigenvalue weighted by atomic mass is 16.6. The van der Waals surface area contributed by atoms with Crippen LogP contribution in [-0.4, -0.2) is 52.4 Å². The Hall–Kier alpha value is -1.98. The average molecular weight is 293 g/mol. The first kappa shape index (κ1) is 15.4. The molecule has 0 bridgehead atoms. The average Bonchev–Trinajstić information content (AvgIpc) is 2.37. The second kappa shape index (κ2) is 5.79. The molecule has 0 radical (unpaired) electrons. The summed E-state index contributed by atoms with van der Waals surface area (Å²) in [6.45, 7) is 9.33. The van der Waals surface area contributed by atoms with Crippen molar-refractivity contribution in [2.75, 3.05) is 24.5 Å². The van der Waals surface area contributed by atoms with Crippen LogP contribution in [0.2, 0.25) is 0 Å². The summed E-state index contributed by atoms with van der Waals surface area (Å²) in [6.07, 6.45) is 1.36. The fraction of sp³-hybridized carbons (Fsp3) is 0.600. The Labute approximate surface area is 125 Å². The van der Waals surface area contributed by atoms with E-state index in [1.807, 2.05) is 32.6 Å². The third kappa shape index (κ3) is 3.77. The van der Waals surface area contributed by atoms with Crippen molar-refractivity contribution in [3.8, 4) is 5.75 Å². The Morgan fingerprint density at radius 2 is 2.14 bits per heavy atom. The van der Waals surface area contributed by atoms with Crippen molar-refractivity contribution in [3.05, 3.63) is 18.3 Å². The van der Waals surface area contributed by atoms with Crippen LogP contribution in [0, 0.1) is 0 Å². The van der Waals surface area contributed by atoms with E-state index in [2.05, 4.69) is 4.98 Å². The maximum atomic E-state index is 12.2. The summed E-state index contributed by atoms with van der Waals surface area (Å²) in [5, 5.41) is 9.87. The number of anilines is 1. The van der Waals surface area contributed by atoms with Crippen LogP contribution in [0.25, 0.3) is 0 Å². The molecule has 1 amide bonds. The molecule has 21 heavy (non-hydrogen) atoms. The minimum atomic E-state index is -0.493. The SMILES string of the molecule is CC1CN(c2ncccc2O)CCN1C(=O)OC(C)(C)C. The number of carbonyl (C=O) groups excluding carboxylic acids is 1. The molecule has 1 fully saturated rings. The fourth-order valence-electron chi connectivity index (χ4n) is 2.37. The third-order valence-corrected chi connectivity index (χ3v) is 3.32. The van der Waals surface area contributed by atoms with Crippen LogP contribution in [0.5, 0.6) is 5.75 Å². The highest BCUT2D eigenvalue weighted by molar-refractivity contribution is 5.69. The van der Waals surface area contributed by atoms with Crippen LogP contribution in [0.3, 0.4) is 0 Å². The van der Waals surface area contributed by atoms with Gasteiger partial charge >= 0.3 is 6.09 Å². The van der Waals surface area contributed by atoms with Gasteiger partial charge in [-0.1, -0.05) is 0 Å². The van der Waals surface area contributed by atoms with Gasteiger partial charge in [-0.3, -0.25) is 0 Å². The monoisotopic (exact) mass is 293 g/mol. The summed E-state index contributed by atoms with van der Waals surface area (Å²) >= 11 is 0. The van der Waals surface area contributed by atoms with Crippen molar-refractivity contribution < 1.29 is 14.6 Å². The molecule has 6 heteroatoms. The summed E-state index contributed by atoms with van der Waals surface area (Å²) in [7, 11) is 0. The van der Waals surface area contributed by atoms with E-state index in [0.717, 1.165) is 0 Å². The summed E-state index contributed by atoms with van der Waals surface area (Å²) < 4.78 is 5.42. The highest BCUT2D eigenvalue weighted by Gasteiger charge is 2.31. The standard InChI is InChI=1S/C15H23N3O3/c1-11-10-17(13-12(19)6-5-7-16-13)8-9-18(11)14(20)21-15(2,3)4/h5-7,11,19H,8-10H2,1-4H3. The topological polar surface area (TPSA) is 65.9 Å². The fourth-order valence-corrected chi connectivity index (χ4v) is 2.37. The van der Waals surface area contributed by atoms with Gasteiger partial charge in [-0.2, -0.15) is 0 Å². The van der Waals surface area contributed by atoms with Gasteiger partial charge in [-0.05, 0) is 39.8 Å². The molecular weight excluding hydrogens is 270 g/mol. The van der Waals surface area contributed by atoms with E-state index in [1.54, 1.807) is 23.2 Å². The summed E-state index contributed by atoms with van der Waals surface area (Å²) in [6, 6.07) is 3.31. The highest BCUT2D eigenvalue weighted by Crippen LogP contribution is 2.26. The number of piperazine rings is 1. The molecule has 6 nitrogen and oxygen atoms in total. The second-order valence-corrected chi connectivity index (χ2v) is 6.31. The number of nitrogens with zero attached hydrogens (tertiary/aromatic N) is 3. The molecule has 0 spiro atoms. The van der Waals surface area contributed by atoms with Crippen LogP contribution in [0.1, 0.15) is 27.7 Å². The molecule has 1 aromatic heterocycles. The molecule has 1 saturated heterocycles. The lowest BCUT2D eigenvalue weighted by Crippen LogP contribution is -2.55. The van der Waals surface area contributed by atoms with Gasteiger partial charge in [0.25, 0.3) is 0 Å². The summed E-state index contributed by atoms with van der Waals surface area (Å²) in [5.41, 5.74) is -0.493. The van der Waals surface area contributed by atoms with Crippen LogP contribution < -0.4 is 4.90 Å². The minimum Gasteiger partial charge on any atom is -0.504 e. The number of pyridine rings is 1. The van der Waals surface area contributed by atoms with Crippen molar-refractivity contribution in [1.29, 1.82) is 0 Å². The molecule has 1 aliphatic heterocycles. The number of aromatic nitrogens is 1. The summed E-state index contributed by atoms with van der Waals surface area (Å²) in [5.74, 6) is 0.726. The molecule has 1 N–H and O–H groups in total. The lowest BCUT2D eigenvalue weighted by molar-refractivity contribution is 0.0158. The quantitative estimate of drug-likeness (QED) is 0.860. The molecule has 1 aromatic rings. The Morgan fingerprint density at radius 1 is 1.43 bits per heavy atom. The summed E-state index contributed by atoms with van der Waals surface area (Å²) in [4.78, 5) is 20.1. The maximum Gasteiger partial charge on any atom is 0.410 e. The molecule has 0 aromatic carbocycles. The molecule has 0 aliphatic carbocycles. The third-order valence-electron chi connectivity index (χ3n) is 3.32. The zero-order valence-electron chi connectivity index (χ0n) is 13.0. The van der Waals surface area contributed by atoms with Gasteiger partial charge in [0.2, 0.25) is 0 Å². The van der Waals surface area contributed by atoms with Gasteiger partial charge in [-0.15, -0.1) is 0 Å². The Bertz CT molecular complexity index is 513. The van der Waals surface area contributed by atoms with Crippen LogP contribution >= 0.6 is 0 Å². The first-order valence-electron chi connectivity index (χ1n) is 7.16. The van der Waals surface area contributed by atoms with Gasteiger partial charge in [0, 0.05) is 31.9 Å². The minimum absolute atomic E-state index is 0.00462. The van der Waals surface area contributed by atoms with Crippen molar-refractivity contribution >= 4 is 11.9 Å². The number of aromatic hydroxyl groups is 1. The van der Waals surface area contributed by atoms with Crippen LogP contribution in [0.4, 0.5) is 10.6 Å². The van der Waals surface area contributed by atoms with Gasteiger partial charge in [0.15, 0.2) is 11.6 Å². The molecule has 116 valence electrons. The van der Waals surface area contributed by atoms with Gasteiger partial charge in [0.05, 0.1) is 0 Å². The lowest BCUT2D eigenvalue weighted by Gasteiger charge is -2.40. The largest absolute Gasteiger partial charge is 0.504 e. The first-order valence-corrected chi connectivity index (χ1v) is 7.16. The van der Waals surface area contributed by atoms with Crippen molar-refractivity contribution in [2.24, 2.45) is 0 Å². The van der Waals surface area contributed by atoms with E-state index in [9.17, 15) is 9.90 Å². The number of ether oxygens (including phenoxy) is 1. The van der Waals surface area contributed by atoms with E-state index < -0.39 is 5.60 Å². The molecule has 0 saturated carbocycles. The van der Waals surface area contributed by atoms with E-state index in [4.69, 9.17) is 4.74 Å². The predicted octanol–water partition coefficient (Wildman–Crippen LogP) is 2.23. The number of hydrogen-bond acceptors (Lipinski definition) is 5. The molecule has 1 unspecified atom stereocenters. The van der Waals surface area contributed by atoms with Gasteiger partial charge in [-0.25, -0.2) is 9.78 Å². The zero-order valence-corrected chi connectivity index (χ0v) is 13.0. The second-order valence-electron chi connectivity index (χ2n) is 6.31. The van der Waals surface area contributed by atoms with Gasteiger partial charge in [0.1, 0.15) is 5.60 Å². The van der Waals surface area contributed by atoms with Crippen molar-refractivity contribution in [1.82, 2.24) is 9.88 Å². The molecule has 2 heterocycles. The van der Waals surface area contributed by atoms with Crippen molar-refractivity contribution in [2.45, 2.75) is 39.3 Å². The maximum absolute atomic E-state index is 12.2. The number of rotatable bonds is 1. The van der Waals surface area contributed by atoms with Crippen molar-refractivity contribution in [3.63, 3.8) is 0 Å².